The van der Waals surface area contributed by atoms with Gasteiger partial charge in [0.15, 0.2) is 0 Å². The third kappa shape index (κ3) is 2.47. The SMILES string of the molecule is Cc1cc(N2CCC3(O)CCNCC3C2)cc(C)n1. The summed E-state index contributed by atoms with van der Waals surface area (Å²) in [6.45, 7) is 7.83. The second-order valence-electron chi connectivity index (χ2n) is 6.06. The summed E-state index contributed by atoms with van der Waals surface area (Å²) in [6.07, 6.45) is 1.76. The van der Waals surface area contributed by atoms with Crippen molar-refractivity contribution in [2.45, 2.75) is 32.3 Å². The molecule has 3 rings (SSSR count). The Hall–Kier alpha value is -1.13. The van der Waals surface area contributed by atoms with Crippen molar-refractivity contribution >= 4 is 5.69 Å². The summed E-state index contributed by atoms with van der Waals surface area (Å²) >= 11 is 0. The van der Waals surface area contributed by atoms with E-state index < -0.39 is 5.60 Å². The Morgan fingerprint density at radius 1 is 1.32 bits per heavy atom. The lowest BCUT2D eigenvalue weighted by molar-refractivity contribution is -0.0538. The average molecular weight is 261 g/mol. The maximum atomic E-state index is 10.7. The summed E-state index contributed by atoms with van der Waals surface area (Å²) < 4.78 is 0. The second-order valence-corrected chi connectivity index (χ2v) is 6.06. The van der Waals surface area contributed by atoms with Gasteiger partial charge in [-0.3, -0.25) is 4.98 Å². The van der Waals surface area contributed by atoms with E-state index in [4.69, 9.17) is 0 Å². The van der Waals surface area contributed by atoms with Crippen molar-refractivity contribution in [3.63, 3.8) is 0 Å². The summed E-state index contributed by atoms with van der Waals surface area (Å²) in [6, 6.07) is 4.29. The molecule has 1 aromatic rings. The zero-order valence-corrected chi connectivity index (χ0v) is 11.8. The summed E-state index contributed by atoms with van der Waals surface area (Å²) in [4.78, 5) is 6.83. The Balaban J connectivity index is 1.80. The smallest absolute Gasteiger partial charge is 0.0733 e. The van der Waals surface area contributed by atoms with Crippen LogP contribution in [0.15, 0.2) is 12.1 Å². The van der Waals surface area contributed by atoms with Crippen LogP contribution in [0.2, 0.25) is 0 Å². The highest BCUT2D eigenvalue weighted by Crippen LogP contribution is 2.34. The van der Waals surface area contributed by atoms with E-state index >= 15 is 0 Å². The Bertz CT molecular complexity index is 456. The summed E-state index contributed by atoms with van der Waals surface area (Å²) in [7, 11) is 0. The number of hydrogen-bond acceptors (Lipinski definition) is 4. The first-order valence-electron chi connectivity index (χ1n) is 7.20. The molecule has 2 unspecified atom stereocenters. The first kappa shape index (κ1) is 12.9. The molecule has 2 aliphatic rings. The monoisotopic (exact) mass is 261 g/mol. The Morgan fingerprint density at radius 2 is 2.05 bits per heavy atom. The fourth-order valence-corrected chi connectivity index (χ4v) is 3.45. The number of hydrogen-bond donors (Lipinski definition) is 2. The number of aliphatic hydroxyl groups is 1. The topological polar surface area (TPSA) is 48.4 Å². The van der Waals surface area contributed by atoms with Crippen LogP contribution in [0.5, 0.6) is 0 Å². The van der Waals surface area contributed by atoms with Crippen LogP contribution in [0.1, 0.15) is 24.2 Å². The number of aryl methyl sites for hydroxylation is 2. The average Bonchev–Trinajstić information content (AvgIpc) is 2.36. The van der Waals surface area contributed by atoms with Crippen LogP contribution in [0.25, 0.3) is 0 Å². The molecule has 104 valence electrons. The molecular formula is C15H23N3O. The van der Waals surface area contributed by atoms with E-state index in [0.717, 1.165) is 50.4 Å². The van der Waals surface area contributed by atoms with Crippen LogP contribution in [0.3, 0.4) is 0 Å². The van der Waals surface area contributed by atoms with Gasteiger partial charge >= 0.3 is 0 Å². The van der Waals surface area contributed by atoms with Gasteiger partial charge in [-0.25, -0.2) is 0 Å². The third-order valence-corrected chi connectivity index (χ3v) is 4.57. The van der Waals surface area contributed by atoms with Gasteiger partial charge in [-0.2, -0.15) is 0 Å². The summed E-state index contributed by atoms with van der Waals surface area (Å²) in [5.74, 6) is 0.337. The van der Waals surface area contributed by atoms with Crippen molar-refractivity contribution in [2.24, 2.45) is 5.92 Å². The van der Waals surface area contributed by atoms with Crippen molar-refractivity contribution in [3.8, 4) is 0 Å². The molecule has 19 heavy (non-hydrogen) atoms. The highest BCUT2D eigenvalue weighted by atomic mass is 16.3. The number of aromatic nitrogens is 1. The van der Waals surface area contributed by atoms with Gasteiger partial charge in [-0.05, 0) is 45.4 Å². The molecule has 0 saturated carbocycles. The van der Waals surface area contributed by atoms with Crippen LogP contribution >= 0.6 is 0 Å². The largest absolute Gasteiger partial charge is 0.389 e. The molecule has 2 atom stereocenters. The van der Waals surface area contributed by atoms with Crippen LogP contribution in [-0.2, 0) is 0 Å². The lowest BCUT2D eigenvalue weighted by Crippen LogP contribution is -2.59. The van der Waals surface area contributed by atoms with E-state index in [9.17, 15) is 5.11 Å². The second kappa shape index (κ2) is 4.76. The van der Waals surface area contributed by atoms with E-state index in [1.165, 1.54) is 5.69 Å². The fraction of sp³-hybridized carbons (Fsp3) is 0.667. The molecule has 2 aliphatic heterocycles. The van der Waals surface area contributed by atoms with Gasteiger partial charge in [0.1, 0.15) is 0 Å². The van der Waals surface area contributed by atoms with Crippen molar-refractivity contribution in [1.82, 2.24) is 10.3 Å². The molecule has 0 spiro atoms. The van der Waals surface area contributed by atoms with Gasteiger partial charge in [0.2, 0.25) is 0 Å². The van der Waals surface area contributed by atoms with Crippen molar-refractivity contribution < 1.29 is 5.11 Å². The standard InChI is InChI=1S/C15H23N3O/c1-11-7-14(8-12(2)17-11)18-6-4-15(19)3-5-16-9-13(15)10-18/h7-8,13,16,19H,3-6,9-10H2,1-2H3. The number of pyridine rings is 1. The predicted octanol–water partition coefficient (Wildman–Crippen LogP) is 1.25. The Labute approximate surface area is 114 Å². The molecule has 3 heterocycles. The lowest BCUT2D eigenvalue weighted by Gasteiger charge is -2.48. The summed E-state index contributed by atoms with van der Waals surface area (Å²) in [5, 5.41) is 14.1. The first-order chi connectivity index (χ1) is 9.07. The van der Waals surface area contributed by atoms with E-state index in [1.54, 1.807) is 0 Å². The molecule has 4 heteroatoms. The zero-order valence-electron chi connectivity index (χ0n) is 11.8. The van der Waals surface area contributed by atoms with Crippen molar-refractivity contribution in [3.05, 3.63) is 23.5 Å². The molecule has 2 N–H and O–H groups in total. The number of piperidine rings is 2. The third-order valence-electron chi connectivity index (χ3n) is 4.57. The molecule has 4 nitrogen and oxygen atoms in total. The van der Waals surface area contributed by atoms with Crippen LogP contribution in [0.4, 0.5) is 5.69 Å². The number of fused-ring (bicyclic) bond motifs is 1. The van der Waals surface area contributed by atoms with Gasteiger partial charge in [0.25, 0.3) is 0 Å². The fourth-order valence-electron chi connectivity index (χ4n) is 3.45. The quantitative estimate of drug-likeness (QED) is 0.799. The summed E-state index contributed by atoms with van der Waals surface area (Å²) in [5.41, 5.74) is 2.94. The molecule has 0 radical (unpaired) electrons. The predicted molar refractivity (Wildman–Crippen MR) is 76.5 cm³/mol. The molecule has 2 saturated heterocycles. The molecule has 2 fully saturated rings. The minimum absolute atomic E-state index is 0.337. The minimum Gasteiger partial charge on any atom is -0.389 e. The lowest BCUT2D eigenvalue weighted by atomic mass is 9.76. The van der Waals surface area contributed by atoms with Gasteiger partial charge in [0.05, 0.1) is 5.60 Å². The molecule has 1 aromatic heterocycles. The van der Waals surface area contributed by atoms with E-state index in [0.29, 0.717) is 5.92 Å². The minimum atomic E-state index is -0.446. The highest BCUT2D eigenvalue weighted by molar-refractivity contribution is 5.49. The van der Waals surface area contributed by atoms with Crippen LogP contribution in [-0.4, -0.2) is 41.9 Å². The normalized spacial score (nSPS) is 31.1. The van der Waals surface area contributed by atoms with Crippen LogP contribution < -0.4 is 10.2 Å². The highest BCUT2D eigenvalue weighted by Gasteiger charge is 2.42. The van der Waals surface area contributed by atoms with E-state index in [2.05, 4.69) is 27.3 Å². The van der Waals surface area contributed by atoms with Gasteiger partial charge in [-0.15, -0.1) is 0 Å². The molecular weight excluding hydrogens is 238 g/mol. The van der Waals surface area contributed by atoms with Crippen molar-refractivity contribution in [1.29, 1.82) is 0 Å². The molecule has 0 aromatic carbocycles. The Morgan fingerprint density at radius 3 is 2.79 bits per heavy atom. The maximum Gasteiger partial charge on any atom is 0.0733 e. The Kier molecular flexibility index (Phi) is 3.23. The van der Waals surface area contributed by atoms with Crippen molar-refractivity contribution in [2.75, 3.05) is 31.1 Å². The molecule has 0 aliphatic carbocycles. The van der Waals surface area contributed by atoms with Gasteiger partial charge < -0.3 is 15.3 Å². The number of nitrogens with zero attached hydrogens (tertiary/aromatic N) is 2. The van der Waals surface area contributed by atoms with Gasteiger partial charge in [-0.1, -0.05) is 0 Å². The molecule has 0 bridgehead atoms. The maximum absolute atomic E-state index is 10.7. The zero-order chi connectivity index (χ0) is 13.5. The first-order valence-corrected chi connectivity index (χ1v) is 7.20. The van der Waals surface area contributed by atoms with E-state index in [1.807, 2.05) is 13.8 Å². The number of rotatable bonds is 1. The molecule has 0 amide bonds. The number of anilines is 1. The van der Waals surface area contributed by atoms with E-state index in [-0.39, 0.29) is 0 Å². The van der Waals surface area contributed by atoms with Gasteiger partial charge in [0, 0.05) is 42.6 Å². The van der Waals surface area contributed by atoms with Crippen LogP contribution in [0, 0.1) is 19.8 Å². The number of nitrogens with one attached hydrogen (secondary N) is 1.